The number of hydrogen-bond acceptors (Lipinski definition) is 3. The van der Waals surface area contributed by atoms with Crippen LogP contribution in [0, 0.1) is 0 Å². The van der Waals surface area contributed by atoms with Gasteiger partial charge in [-0.15, -0.1) is 0 Å². The van der Waals surface area contributed by atoms with Crippen molar-refractivity contribution >= 4 is 11.9 Å². The predicted molar refractivity (Wildman–Crippen MR) is 53.1 cm³/mol. The van der Waals surface area contributed by atoms with Gasteiger partial charge in [-0.3, -0.25) is 9.59 Å². The van der Waals surface area contributed by atoms with E-state index in [0.29, 0.717) is 6.54 Å². The van der Waals surface area contributed by atoms with Gasteiger partial charge >= 0.3 is 5.97 Å². The summed E-state index contributed by atoms with van der Waals surface area (Å²) in [6.07, 6.45) is 0.438. The molecule has 0 saturated carbocycles. The van der Waals surface area contributed by atoms with Crippen LogP contribution in [0.2, 0.25) is 0 Å². The Morgan fingerprint density at radius 1 is 1.14 bits per heavy atom. The van der Waals surface area contributed by atoms with E-state index in [2.05, 4.69) is 0 Å². The van der Waals surface area contributed by atoms with Crippen LogP contribution in [-0.4, -0.2) is 61.0 Å². The van der Waals surface area contributed by atoms with Crippen molar-refractivity contribution in [2.75, 3.05) is 34.2 Å². The first-order chi connectivity index (χ1) is 6.43. The first kappa shape index (κ1) is 12.9. The van der Waals surface area contributed by atoms with Gasteiger partial charge in [-0.2, -0.15) is 0 Å². The normalized spacial score (nSPS) is 10.3. The van der Waals surface area contributed by atoms with Gasteiger partial charge in [0.05, 0.1) is 0 Å². The van der Waals surface area contributed by atoms with Crippen molar-refractivity contribution in [2.24, 2.45) is 0 Å². The molecule has 0 bridgehead atoms. The van der Waals surface area contributed by atoms with Crippen LogP contribution in [-0.2, 0) is 9.59 Å². The largest absolute Gasteiger partial charge is 0.481 e. The van der Waals surface area contributed by atoms with E-state index >= 15 is 0 Å². The molecule has 1 amide bonds. The van der Waals surface area contributed by atoms with Crippen LogP contribution in [0.25, 0.3) is 0 Å². The SMILES string of the molecule is CN(C)CCCN(C)C(=O)CC(=O)O. The molecule has 14 heavy (non-hydrogen) atoms. The Morgan fingerprint density at radius 2 is 1.71 bits per heavy atom. The fourth-order valence-electron chi connectivity index (χ4n) is 1.01. The highest BCUT2D eigenvalue weighted by atomic mass is 16.4. The molecular formula is C9H18N2O3. The minimum Gasteiger partial charge on any atom is -0.481 e. The molecule has 0 spiro atoms. The molecule has 0 aliphatic carbocycles. The molecule has 0 aliphatic rings. The molecule has 0 heterocycles. The lowest BCUT2D eigenvalue weighted by atomic mass is 10.3. The Morgan fingerprint density at radius 3 is 2.14 bits per heavy atom. The Bertz CT molecular complexity index is 204. The summed E-state index contributed by atoms with van der Waals surface area (Å²) in [5, 5.41) is 8.39. The fourth-order valence-corrected chi connectivity index (χ4v) is 1.01. The second kappa shape index (κ2) is 6.37. The van der Waals surface area contributed by atoms with Crippen molar-refractivity contribution in [3.8, 4) is 0 Å². The zero-order valence-electron chi connectivity index (χ0n) is 8.99. The monoisotopic (exact) mass is 202 g/mol. The Labute approximate surface area is 84.3 Å². The Balaban J connectivity index is 3.67. The summed E-state index contributed by atoms with van der Waals surface area (Å²) in [6.45, 7) is 1.50. The average molecular weight is 202 g/mol. The average Bonchev–Trinajstić information content (AvgIpc) is 2.01. The number of rotatable bonds is 6. The van der Waals surface area contributed by atoms with Gasteiger partial charge < -0.3 is 14.9 Å². The Hall–Kier alpha value is -1.10. The summed E-state index contributed by atoms with van der Waals surface area (Å²) in [6, 6.07) is 0. The standard InChI is InChI=1S/C9H18N2O3/c1-10(2)5-4-6-11(3)8(12)7-9(13)14/h4-7H2,1-3H3,(H,13,14). The van der Waals surface area contributed by atoms with Crippen molar-refractivity contribution in [1.29, 1.82) is 0 Å². The highest BCUT2D eigenvalue weighted by Gasteiger charge is 2.12. The van der Waals surface area contributed by atoms with Crippen molar-refractivity contribution < 1.29 is 14.7 Å². The summed E-state index contributed by atoms with van der Waals surface area (Å²) in [7, 11) is 5.54. The van der Waals surface area contributed by atoms with Crippen molar-refractivity contribution in [3.63, 3.8) is 0 Å². The first-order valence-electron chi connectivity index (χ1n) is 4.54. The first-order valence-corrected chi connectivity index (χ1v) is 4.54. The molecule has 0 rings (SSSR count). The van der Waals surface area contributed by atoms with Gasteiger partial charge in [-0.1, -0.05) is 0 Å². The summed E-state index contributed by atoms with van der Waals surface area (Å²) >= 11 is 0. The van der Waals surface area contributed by atoms with Crippen LogP contribution >= 0.6 is 0 Å². The van der Waals surface area contributed by atoms with E-state index in [-0.39, 0.29) is 5.91 Å². The van der Waals surface area contributed by atoms with E-state index in [4.69, 9.17) is 5.11 Å². The molecule has 0 atom stereocenters. The van der Waals surface area contributed by atoms with Crippen LogP contribution in [0.15, 0.2) is 0 Å². The highest BCUT2D eigenvalue weighted by molar-refractivity contribution is 5.93. The maximum atomic E-state index is 11.2. The van der Waals surface area contributed by atoms with Crippen LogP contribution in [0.3, 0.4) is 0 Å². The molecule has 5 heteroatoms. The number of nitrogens with zero attached hydrogens (tertiary/aromatic N) is 2. The minimum absolute atomic E-state index is 0.337. The van der Waals surface area contributed by atoms with Crippen LogP contribution in [0.5, 0.6) is 0 Å². The molecule has 82 valence electrons. The zero-order chi connectivity index (χ0) is 11.1. The quantitative estimate of drug-likeness (QED) is 0.610. The fraction of sp³-hybridized carbons (Fsp3) is 0.778. The molecule has 0 aromatic rings. The summed E-state index contributed by atoms with van der Waals surface area (Å²) in [4.78, 5) is 24.9. The van der Waals surface area contributed by atoms with Gasteiger partial charge in [0.15, 0.2) is 0 Å². The lowest BCUT2D eigenvalue weighted by Crippen LogP contribution is -2.31. The summed E-state index contributed by atoms with van der Waals surface area (Å²) in [5.41, 5.74) is 0. The lowest BCUT2D eigenvalue weighted by Gasteiger charge is -2.17. The van der Waals surface area contributed by atoms with Crippen molar-refractivity contribution in [2.45, 2.75) is 12.8 Å². The minimum atomic E-state index is -1.07. The maximum absolute atomic E-state index is 11.2. The van der Waals surface area contributed by atoms with Crippen LogP contribution < -0.4 is 0 Å². The number of hydrogen-bond donors (Lipinski definition) is 1. The molecule has 0 radical (unpaired) electrons. The highest BCUT2D eigenvalue weighted by Crippen LogP contribution is 1.94. The van der Waals surface area contributed by atoms with Crippen LogP contribution in [0.1, 0.15) is 12.8 Å². The smallest absolute Gasteiger partial charge is 0.312 e. The third-order valence-corrected chi connectivity index (χ3v) is 1.83. The molecule has 5 nitrogen and oxygen atoms in total. The number of carboxylic acids is 1. The van der Waals surface area contributed by atoms with Gasteiger partial charge in [-0.25, -0.2) is 0 Å². The topological polar surface area (TPSA) is 60.9 Å². The third kappa shape index (κ3) is 6.42. The third-order valence-electron chi connectivity index (χ3n) is 1.83. The Kier molecular flexibility index (Phi) is 5.87. The number of carbonyl (C=O) groups excluding carboxylic acids is 1. The summed E-state index contributed by atoms with van der Waals surface area (Å²) in [5.74, 6) is -1.41. The van der Waals surface area contributed by atoms with Crippen molar-refractivity contribution in [3.05, 3.63) is 0 Å². The van der Waals surface area contributed by atoms with Crippen LogP contribution in [0.4, 0.5) is 0 Å². The molecule has 0 unspecified atom stereocenters. The van der Waals surface area contributed by atoms with Gasteiger partial charge in [0, 0.05) is 13.6 Å². The molecule has 1 N–H and O–H groups in total. The van der Waals surface area contributed by atoms with E-state index in [1.54, 1.807) is 7.05 Å². The lowest BCUT2D eigenvalue weighted by molar-refractivity contribution is -0.143. The van der Waals surface area contributed by atoms with E-state index in [0.717, 1.165) is 13.0 Å². The van der Waals surface area contributed by atoms with E-state index < -0.39 is 12.4 Å². The molecule has 0 fully saturated rings. The molecule has 0 aliphatic heterocycles. The second-order valence-electron chi connectivity index (χ2n) is 3.54. The summed E-state index contributed by atoms with van der Waals surface area (Å²) < 4.78 is 0. The second-order valence-corrected chi connectivity index (χ2v) is 3.54. The zero-order valence-corrected chi connectivity index (χ0v) is 8.99. The number of carbonyl (C=O) groups is 2. The number of aliphatic carboxylic acids is 1. The molecule has 0 aromatic carbocycles. The maximum Gasteiger partial charge on any atom is 0.312 e. The predicted octanol–water partition coefficient (Wildman–Crippen LogP) is -0.129. The van der Waals surface area contributed by atoms with Gasteiger partial charge in [0.2, 0.25) is 5.91 Å². The number of carboxylic acid groups (broad SMARTS) is 1. The molecular weight excluding hydrogens is 184 g/mol. The van der Waals surface area contributed by atoms with E-state index in [9.17, 15) is 9.59 Å². The molecule has 0 saturated heterocycles. The van der Waals surface area contributed by atoms with E-state index in [1.807, 2.05) is 19.0 Å². The van der Waals surface area contributed by atoms with E-state index in [1.165, 1.54) is 4.90 Å². The number of amides is 1. The van der Waals surface area contributed by atoms with Gasteiger partial charge in [-0.05, 0) is 27.1 Å². The van der Waals surface area contributed by atoms with Gasteiger partial charge in [0.25, 0.3) is 0 Å². The molecule has 0 aromatic heterocycles. The van der Waals surface area contributed by atoms with Gasteiger partial charge in [0.1, 0.15) is 6.42 Å². The van der Waals surface area contributed by atoms with Crippen molar-refractivity contribution in [1.82, 2.24) is 9.80 Å².